The first kappa shape index (κ1) is 13.7. The molecule has 0 atom stereocenters. The fourth-order valence-electron chi connectivity index (χ4n) is 2.73. The first-order chi connectivity index (χ1) is 11.3. The Morgan fingerprint density at radius 1 is 1.04 bits per heavy atom. The van der Waals surface area contributed by atoms with Crippen LogP contribution in [0.25, 0.3) is 11.1 Å². The van der Waals surface area contributed by atoms with Crippen LogP contribution in [-0.4, -0.2) is 51.9 Å². The van der Waals surface area contributed by atoms with E-state index in [0.29, 0.717) is 30.2 Å². The van der Waals surface area contributed by atoms with Crippen molar-refractivity contribution in [1.82, 2.24) is 19.9 Å². The topological polar surface area (TPSA) is 75.4 Å². The smallest absolute Gasteiger partial charge is 0.254 e. The largest absolute Gasteiger partial charge is 0.443 e. The second-order valence-corrected chi connectivity index (χ2v) is 5.36. The van der Waals surface area contributed by atoms with Gasteiger partial charge < -0.3 is 14.2 Å². The number of fused-ring (bicyclic) bond motifs is 1. The van der Waals surface area contributed by atoms with Gasteiger partial charge in [0.2, 0.25) is 5.95 Å². The highest BCUT2D eigenvalue weighted by atomic mass is 16.3. The van der Waals surface area contributed by atoms with Gasteiger partial charge >= 0.3 is 0 Å². The fraction of sp³-hybridized carbons (Fsp3) is 0.250. The van der Waals surface area contributed by atoms with Crippen molar-refractivity contribution in [2.75, 3.05) is 31.1 Å². The second kappa shape index (κ2) is 5.68. The van der Waals surface area contributed by atoms with Crippen LogP contribution in [0.3, 0.4) is 0 Å². The quantitative estimate of drug-likeness (QED) is 0.715. The Hall–Kier alpha value is -2.96. The number of piperazine rings is 1. The Balaban J connectivity index is 1.46. The van der Waals surface area contributed by atoms with Crippen LogP contribution in [0.15, 0.2) is 47.5 Å². The van der Waals surface area contributed by atoms with Gasteiger partial charge in [-0.15, -0.1) is 0 Å². The van der Waals surface area contributed by atoms with Crippen LogP contribution in [0.4, 0.5) is 5.95 Å². The highest BCUT2D eigenvalue weighted by molar-refractivity contribution is 5.97. The molecule has 1 aliphatic heterocycles. The molecule has 1 aromatic carbocycles. The van der Waals surface area contributed by atoms with Crippen LogP contribution >= 0.6 is 0 Å². The standard InChI is InChI=1S/C16H15N5O2/c22-15(12-2-3-13-14(10-12)23-11-19-13)20-6-8-21(9-7-20)16-17-4-1-5-18-16/h1-5,10-11H,6-9H2. The molecule has 7 nitrogen and oxygen atoms in total. The van der Waals surface area contributed by atoms with E-state index in [4.69, 9.17) is 4.42 Å². The summed E-state index contributed by atoms with van der Waals surface area (Å²) in [6, 6.07) is 7.14. The molecule has 4 rings (SSSR count). The zero-order valence-corrected chi connectivity index (χ0v) is 12.4. The van der Waals surface area contributed by atoms with Gasteiger partial charge in [0.25, 0.3) is 5.91 Å². The van der Waals surface area contributed by atoms with Gasteiger partial charge in [-0.25, -0.2) is 15.0 Å². The summed E-state index contributed by atoms with van der Waals surface area (Å²) in [5, 5.41) is 0. The van der Waals surface area contributed by atoms with Gasteiger partial charge in [0, 0.05) is 44.1 Å². The number of carbonyl (C=O) groups excluding carboxylic acids is 1. The Bertz CT molecular complexity index is 825. The minimum absolute atomic E-state index is 0.0110. The minimum atomic E-state index is 0.0110. The molecule has 1 saturated heterocycles. The number of benzene rings is 1. The van der Waals surface area contributed by atoms with Gasteiger partial charge in [-0.2, -0.15) is 0 Å². The van der Waals surface area contributed by atoms with Gasteiger partial charge in [0.1, 0.15) is 5.52 Å². The minimum Gasteiger partial charge on any atom is -0.443 e. The Morgan fingerprint density at radius 3 is 2.61 bits per heavy atom. The third kappa shape index (κ3) is 2.61. The van der Waals surface area contributed by atoms with Crippen molar-refractivity contribution in [3.63, 3.8) is 0 Å². The number of hydrogen-bond donors (Lipinski definition) is 0. The maximum Gasteiger partial charge on any atom is 0.254 e. The highest BCUT2D eigenvalue weighted by Gasteiger charge is 2.23. The van der Waals surface area contributed by atoms with Crippen LogP contribution in [-0.2, 0) is 0 Å². The number of anilines is 1. The van der Waals surface area contributed by atoms with Gasteiger partial charge in [-0.05, 0) is 24.3 Å². The van der Waals surface area contributed by atoms with Gasteiger partial charge in [0.15, 0.2) is 12.0 Å². The lowest BCUT2D eigenvalue weighted by Gasteiger charge is -2.34. The van der Waals surface area contributed by atoms with Gasteiger partial charge in [0.05, 0.1) is 0 Å². The van der Waals surface area contributed by atoms with Crippen molar-refractivity contribution in [2.45, 2.75) is 0 Å². The number of hydrogen-bond acceptors (Lipinski definition) is 6. The van der Waals surface area contributed by atoms with Crippen molar-refractivity contribution in [2.24, 2.45) is 0 Å². The van der Waals surface area contributed by atoms with Crippen LogP contribution in [0.5, 0.6) is 0 Å². The Morgan fingerprint density at radius 2 is 1.83 bits per heavy atom. The molecular formula is C16H15N5O2. The monoisotopic (exact) mass is 309 g/mol. The predicted octanol–water partition coefficient (Wildman–Crippen LogP) is 1.58. The van der Waals surface area contributed by atoms with E-state index in [1.54, 1.807) is 36.7 Å². The van der Waals surface area contributed by atoms with Crippen molar-refractivity contribution in [1.29, 1.82) is 0 Å². The molecular weight excluding hydrogens is 294 g/mol. The summed E-state index contributed by atoms with van der Waals surface area (Å²) in [5.74, 6) is 0.722. The van der Waals surface area contributed by atoms with Gasteiger partial charge in [-0.3, -0.25) is 4.79 Å². The van der Waals surface area contributed by atoms with E-state index in [0.717, 1.165) is 18.6 Å². The number of oxazole rings is 1. The number of aromatic nitrogens is 3. The summed E-state index contributed by atoms with van der Waals surface area (Å²) < 4.78 is 5.26. The zero-order chi connectivity index (χ0) is 15.6. The van der Waals surface area contributed by atoms with Crippen LogP contribution in [0.2, 0.25) is 0 Å². The van der Waals surface area contributed by atoms with Crippen molar-refractivity contribution >= 4 is 23.0 Å². The molecule has 2 aromatic heterocycles. The average Bonchev–Trinajstić information content (AvgIpc) is 3.10. The molecule has 0 radical (unpaired) electrons. The zero-order valence-electron chi connectivity index (χ0n) is 12.4. The van der Waals surface area contributed by atoms with Crippen molar-refractivity contribution < 1.29 is 9.21 Å². The van der Waals surface area contributed by atoms with E-state index < -0.39 is 0 Å². The number of rotatable bonds is 2. The fourth-order valence-corrected chi connectivity index (χ4v) is 2.73. The molecule has 1 fully saturated rings. The molecule has 116 valence electrons. The lowest BCUT2D eigenvalue weighted by Crippen LogP contribution is -2.49. The Kier molecular flexibility index (Phi) is 3.38. The molecule has 3 heterocycles. The number of carbonyl (C=O) groups is 1. The van der Waals surface area contributed by atoms with E-state index in [9.17, 15) is 4.79 Å². The maximum absolute atomic E-state index is 12.6. The summed E-state index contributed by atoms with van der Waals surface area (Å²) >= 11 is 0. The van der Waals surface area contributed by atoms with Crippen molar-refractivity contribution in [3.8, 4) is 0 Å². The van der Waals surface area contributed by atoms with E-state index in [1.807, 2.05) is 4.90 Å². The summed E-state index contributed by atoms with van der Waals surface area (Å²) in [5.41, 5.74) is 2.01. The van der Waals surface area contributed by atoms with E-state index >= 15 is 0 Å². The van der Waals surface area contributed by atoms with Gasteiger partial charge in [-0.1, -0.05) is 0 Å². The lowest BCUT2D eigenvalue weighted by molar-refractivity contribution is 0.0746. The van der Waals surface area contributed by atoms with Crippen molar-refractivity contribution in [3.05, 3.63) is 48.6 Å². The molecule has 7 heteroatoms. The molecule has 0 unspecified atom stereocenters. The highest BCUT2D eigenvalue weighted by Crippen LogP contribution is 2.17. The van der Waals surface area contributed by atoms with Crippen LogP contribution in [0.1, 0.15) is 10.4 Å². The summed E-state index contributed by atoms with van der Waals surface area (Å²) in [6.45, 7) is 2.73. The summed E-state index contributed by atoms with van der Waals surface area (Å²) in [6.07, 6.45) is 4.84. The molecule has 1 aliphatic rings. The molecule has 3 aromatic rings. The third-order valence-electron chi connectivity index (χ3n) is 3.98. The molecule has 23 heavy (non-hydrogen) atoms. The number of nitrogens with zero attached hydrogens (tertiary/aromatic N) is 5. The molecule has 0 bridgehead atoms. The normalized spacial score (nSPS) is 15.1. The molecule has 1 amide bonds. The predicted molar refractivity (Wildman–Crippen MR) is 84.2 cm³/mol. The summed E-state index contributed by atoms with van der Waals surface area (Å²) in [7, 11) is 0. The van der Waals surface area contributed by atoms with Crippen LogP contribution < -0.4 is 4.90 Å². The van der Waals surface area contributed by atoms with E-state index in [2.05, 4.69) is 19.9 Å². The SMILES string of the molecule is O=C(c1ccc2ncoc2c1)N1CCN(c2ncccn2)CC1. The molecule has 0 N–H and O–H groups in total. The second-order valence-electron chi connectivity index (χ2n) is 5.36. The summed E-state index contributed by atoms with van der Waals surface area (Å²) in [4.78, 5) is 29.1. The third-order valence-corrected chi connectivity index (χ3v) is 3.98. The Labute approximate surface area is 132 Å². The molecule has 0 spiro atoms. The first-order valence-corrected chi connectivity index (χ1v) is 7.46. The maximum atomic E-state index is 12.6. The van der Waals surface area contributed by atoms with E-state index in [-0.39, 0.29) is 5.91 Å². The molecule has 0 saturated carbocycles. The first-order valence-electron chi connectivity index (χ1n) is 7.46. The van der Waals surface area contributed by atoms with E-state index in [1.165, 1.54) is 6.39 Å². The lowest BCUT2D eigenvalue weighted by atomic mass is 10.1. The van der Waals surface area contributed by atoms with Crippen LogP contribution in [0, 0.1) is 0 Å². The average molecular weight is 309 g/mol. The number of amides is 1. The molecule has 0 aliphatic carbocycles.